The summed E-state index contributed by atoms with van der Waals surface area (Å²) >= 11 is 0. The molecule has 8 nitrogen and oxygen atoms in total. The van der Waals surface area contributed by atoms with Crippen LogP contribution < -0.4 is 15.5 Å². The Balaban J connectivity index is 1.41. The summed E-state index contributed by atoms with van der Waals surface area (Å²) in [5.41, 5.74) is 0.407. The molecule has 1 saturated carbocycles. The van der Waals surface area contributed by atoms with Gasteiger partial charge >= 0.3 is 6.09 Å². The molecule has 1 saturated heterocycles. The number of amides is 2. The van der Waals surface area contributed by atoms with Gasteiger partial charge in [0.1, 0.15) is 18.2 Å². The first kappa shape index (κ1) is 25.7. The van der Waals surface area contributed by atoms with Crippen LogP contribution in [-0.4, -0.2) is 46.6 Å². The van der Waals surface area contributed by atoms with Crippen LogP contribution in [-0.2, 0) is 4.74 Å². The molecule has 1 aliphatic carbocycles. The highest BCUT2D eigenvalue weighted by Gasteiger charge is 2.37. The second-order valence-electron chi connectivity index (χ2n) is 9.71. The van der Waals surface area contributed by atoms with Crippen LogP contribution in [0.25, 0.3) is 0 Å². The maximum Gasteiger partial charge on any atom is 0.415 e. The monoisotopic (exact) mass is 505 g/mol. The van der Waals surface area contributed by atoms with E-state index in [4.69, 9.17) is 4.74 Å². The summed E-state index contributed by atoms with van der Waals surface area (Å²) in [6, 6.07) is 4.90. The molecule has 2 fully saturated rings. The Morgan fingerprint density at radius 3 is 2.58 bits per heavy atom. The van der Waals surface area contributed by atoms with Crippen LogP contribution in [0.4, 0.5) is 29.7 Å². The van der Waals surface area contributed by atoms with Crippen LogP contribution in [0.3, 0.4) is 0 Å². The van der Waals surface area contributed by atoms with Gasteiger partial charge in [0.2, 0.25) is 11.9 Å². The summed E-state index contributed by atoms with van der Waals surface area (Å²) in [4.78, 5) is 34.9. The zero-order valence-corrected chi connectivity index (χ0v) is 20.4. The number of alkyl halides is 2. The number of nitrogens with one attached hydrogen (secondary N) is 2. The highest BCUT2D eigenvalue weighted by molar-refractivity contribution is 5.94. The number of hydrogen-bond acceptors (Lipinski definition) is 6. The molecule has 194 valence electrons. The number of aromatic nitrogens is 2. The van der Waals surface area contributed by atoms with Gasteiger partial charge < -0.3 is 15.4 Å². The minimum Gasteiger partial charge on any atom is -0.447 e. The summed E-state index contributed by atoms with van der Waals surface area (Å²) in [5, 5.41) is 5.75. The zero-order chi connectivity index (χ0) is 26.0. The summed E-state index contributed by atoms with van der Waals surface area (Å²) in [6.45, 7) is 6.06. The van der Waals surface area contributed by atoms with Crippen molar-refractivity contribution in [2.75, 3.05) is 16.8 Å². The number of halogens is 3. The van der Waals surface area contributed by atoms with Gasteiger partial charge in [0, 0.05) is 25.1 Å². The average Bonchev–Trinajstić information content (AvgIpc) is 3.22. The second kappa shape index (κ2) is 10.3. The number of hydrogen-bond donors (Lipinski definition) is 2. The third kappa shape index (κ3) is 5.71. The van der Waals surface area contributed by atoms with E-state index in [1.54, 1.807) is 19.1 Å². The summed E-state index contributed by atoms with van der Waals surface area (Å²) in [5.74, 6) is -3.22. The van der Waals surface area contributed by atoms with Gasteiger partial charge in [0.05, 0.1) is 17.6 Å². The zero-order valence-electron chi connectivity index (χ0n) is 20.4. The largest absolute Gasteiger partial charge is 0.447 e. The molecular weight excluding hydrogens is 475 g/mol. The molecule has 2 N–H and O–H groups in total. The van der Waals surface area contributed by atoms with E-state index >= 15 is 0 Å². The quantitative estimate of drug-likeness (QED) is 0.545. The molecular formula is C25H30F3N5O3. The van der Waals surface area contributed by atoms with Crippen molar-refractivity contribution in [1.82, 2.24) is 15.3 Å². The fourth-order valence-corrected chi connectivity index (χ4v) is 4.45. The Kier molecular flexibility index (Phi) is 7.37. The van der Waals surface area contributed by atoms with Gasteiger partial charge in [0.15, 0.2) is 0 Å². The predicted molar refractivity (Wildman–Crippen MR) is 128 cm³/mol. The molecule has 1 aromatic carbocycles. The molecule has 2 amide bonds. The Morgan fingerprint density at radius 2 is 1.92 bits per heavy atom. The number of nitrogens with zero attached hydrogens (tertiary/aromatic N) is 3. The summed E-state index contributed by atoms with van der Waals surface area (Å²) in [6.07, 6.45) is 0.794. The van der Waals surface area contributed by atoms with Crippen molar-refractivity contribution in [3.05, 3.63) is 47.4 Å². The molecule has 2 atom stereocenters. The van der Waals surface area contributed by atoms with Crippen molar-refractivity contribution in [3.8, 4) is 0 Å². The molecule has 1 unspecified atom stereocenters. The van der Waals surface area contributed by atoms with Crippen LogP contribution >= 0.6 is 0 Å². The molecule has 36 heavy (non-hydrogen) atoms. The first-order valence-corrected chi connectivity index (χ1v) is 12.1. The van der Waals surface area contributed by atoms with Crippen molar-refractivity contribution < 1.29 is 27.5 Å². The molecule has 0 radical (unpaired) electrons. The van der Waals surface area contributed by atoms with E-state index < -0.39 is 35.8 Å². The van der Waals surface area contributed by atoms with Crippen LogP contribution in [0.2, 0.25) is 0 Å². The van der Waals surface area contributed by atoms with Gasteiger partial charge in [-0.3, -0.25) is 9.69 Å². The maximum absolute atomic E-state index is 14.8. The number of carbonyl (C=O) groups excluding carboxylic acids is 2. The van der Waals surface area contributed by atoms with Crippen LogP contribution in [0, 0.1) is 11.7 Å². The van der Waals surface area contributed by atoms with E-state index in [0.29, 0.717) is 11.4 Å². The van der Waals surface area contributed by atoms with Crippen molar-refractivity contribution in [3.63, 3.8) is 0 Å². The van der Waals surface area contributed by atoms with Crippen molar-refractivity contribution in [2.24, 2.45) is 5.92 Å². The number of ether oxygens (including phenoxy) is 1. The smallest absolute Gasteiger partial charge is 0.415 e. The van der Waals surface area contributed by atoms with Gasteiger partial charge in [-0.1, -0.05) is 19.9 Å². The van der Waals surface area contributed by atoms with E-state index in [1.807, 2.05) is 13.8 Å². The Morgan fingerprint density at radius 1 is 1.19 bits per heavy atom. The topological polar surface area (TPSA) is 96.5 Å². The predicted octanol–water partition coefficient (Wildman–Crippen LogP) is 5.08. The van der Waals surface area contributed by atoms with Crippen molar-refractivity contribution >= 4 is 23.8 Å². The molecule has 0 bridgehead atoms. The molecule has 4 rings (SSSR count). The fourth-order valence-electron chi connectivity index (χ4n) is 4.45. The third-order valence-corrected chi connectivity index (χ3v) is 6.70. The summed E-state index contributed by atoms with van der Waals surface area (Å²) < 4.78 is 46.7. The number of carbonyl (C=O) groups is 2. The molecule has 1 aromatic heterocycles. The van der Waals surface area contributed by atoms with Crippen LogP contribution in [0.5, 0.6) is 0 Å². The standard InChI is InChI=1S/C25H30F3N5O3/c1-14(2)20-13-36-24(35)33(20)21-8-11-29-23(32-21)30-15(3)16-4-5-18(19(26)12-16)22(34)31-17-6-9-25(27,28)10-7-17/h4-5,8,11-12,14-15,17,20H,6-7,9-10,13H2,1-3H3,(H,31,34)(H,29,30,32)/t15-,20?/m0/s1. The minimum atomic E-state index is -2.70. The Labute approximate surface area is 207 Å². The number of anilines is 2. The highest BCUT2D eigenvalue weighted by atomic mass is 19.3. The molecule has 2 heterocycles. The molecule has 1 aliphatic heterocycles. The first-order chi connectivity index (χ1) is 17.0. The van der Waals surface area contributed by atoms with Gasteiger partial charge in [-0.15, -0.1) is 0 Å². The van der Waals surface area contributed by atoms with Crippen molar-refractivity contribution in [1.29, 1.82) is 0 Å². The highest BCUT2D eigenvalue weighted by Crippen LogP contribution is 2.33. The van der Waals surface area contributed by atoms with E-state index in [9.17, 15) is 22.8 Å². The van der Waals surface area contributed by atoms with Gasteiger partial charge in [0.25, 0.3) is 5.91 Å². The van der Waals surface area contributed by atoms with E-state index in [0.717, 1.165) is 0 Å². The maximum atomic E-state index is 14.8. The van der Waals surface area contributed by atoms with Gasteiger partial charge in [-0.25, -0.2) is 22.9 Å². The minimum absolute atomic E-state index is 0.143. The fraction of sp³-hybridized carbons (Fsp3) is 0.520. The molecule has 0 spiro atoms. The van der Waals surface area contributed by atoms with Crippen LogP contribution in [0.1, 0.15) is 68.4 Å². The van der Waals surface area contributed by atoms with E-state index in [1.165, 1.54) is 23.2 Å². The average molecular weight is 506 g/mol. The lowest BCUT2D eigenvalue weighted by molar-refractivity contribution is -0.0399. The SMILES string of the molecule is CC(C)C1COC(=O)N1c1ccnc(N[C@@H](C)c2ccc(C(=O)NC3CCC(F)(F)CC3)c(F)c2)n1. The van der Waals surface area contributed by atoms with E-state index in [2.05, 4.69) is 20.6 Å². The first-order valence-electron chi connectivity index (χ1n) is 12.1. The Hall–Kier alpha value is -3.37. The second-order valence-corrected chi connectivity index (χ2v) is 9.71. The molecule has 2 aromatic rings. The number of benzene rings is 1. The lowest BCUT2D eigenvalue weighted by atomic mass is 9.92. The van der Waals surface area contributed by atoms with Crippen molar-refractivity contribution in [2.45, 2.75) is 70.5 Å². The van der Waals surface area contributed by atoms with Gasteiger partial charge in [-0.05, 0) is 49.4 Å². The van der Waals surface area contributed by atoms with Gasteiger partial charge in [-0.2, -0.15) is 4.98 Å². The molecule has 2 aliphatic rings. The normalized spacial score (nSPS) is 20.8. The third-order valence-electron chi connectivity index (χ3n) is 6.70. The van der Waals surface area contributed by atoms with E-state index in [-0.39, 0.29) is 55.8 Å². The Bertz CT molecular complexity index is 1120. The van der Waals surface area contributed by atoms with Crippen LogP contribution in [0.15, 0.2) is 30.5 Å². The number of cyclic esters (lactones) is 1. The summed E-state index contributed by atoms with van der Waals surface area (Å²) in [7, 11) is 0. The molecule has 11 heteroatoms. The number of rotatable bonds is 7. The lowest BCUT2D eigenvalue weighted by Crippen LogP contribution is -2.40. The lowest BCUT2D eigenvalue weighted by Gasteiger charge is -2.28.